The zero-order valence-electron chi connectivity index (χ0n) is 23.6. The van der Waals surface area contributed by atoms with Crippen LogP contribution in [0.4, 0.5) is 5.69 Å². The Balaban J connectivity index is 1.32. The average molecular weight is 569 g/mol. The molecule has 0 aliphatic carbocycles. The van der Waals surface area contributed by atoms with Crippen LogP contribution in [0.5, 0.6) is 0 Å². The van der Waals surface area contributed by atoms with Gasteiger partial charge in [0, 0.05) is 31.6 Å². The van der Waals surface area contributed by atoms with Crippen LogP contribution in [0.2, 0.25) is 0 Å². The summed E-state index contributed by atoms with van der Waals surface area (Å²) in [5.41, 5.74) is 10.6. The minimum absolute atomic E-state index is 0.685. The quantitative estimate of drug-likeness (QED) is 0.190. The van der Waals surface area contributed by atoms with Gasteiger partial charge in [-0.15, -0.1) is 11.3 Å². The van der Waals surface area contributed by atoms with Crippen molar-refractivity contribution in [2.75, 3.05) is 0 Å². The lowest BCUT2D eigenvalue weighted by molar-refractivity contribution is 0.669. The highest BCUT2D eigenvalue weighted by atomic mass is 32.1. The van der Waals surface area contributed by atoms with Gasteiger partial charge in [0.15, 0.2) is 0 Å². The largest absolute Gasteiger partial charge is 0.456 e. The zero-order chi connectivity index (χ0) is 28.8. The minimum Gasteiger partial charge on any atom is -0.456 e. The van der Waals surface area contributed by atoms with E-state index < -0.39 is 0 Å². The molecule has 0 unspecified atom stereocenters. The number of hydrogen-bond donors (Lipinski definition) is 0. The summed E-state index contributed by atoms with van der Waals surface area (Å²) in [7, 11) is 0. The third kappa shape index (κ3) is 3.46. The zero-order valence-corrected chi connectivity index (χ0v) is 24.4. The van der Waals surface area contributed by atoms with Crippen LogP contribution in [-0.2, 0) is 0 Å². The van der Waals surface area contributed by atoms with Crippen molar-refractivity contribution in [2.24, 2.45) is 0 Å². The first-order valence-electron chi connectivity index (χ1n) is 14.4. The molecular weight excluding hydrogens is 545 g/mol. The molecule has 0 aliphatic rings. The van der Waals surface area contributed by atoms with Crippen molar-refractivity contribution in [3.8, 4) is 16.8 Å². The second-order valence-electron chi connectivity index (χ2n) is 11.4. The molecule has 3 heterocycles. The van der Waals surface area contributed by atoms with Crippen LogP contribution in [0.3, 0.4) is 0 Å². The summed E-state index contributed by atoms with van der Waals surface area (Å²) in [6, 6.07) is 38.8. The van der Waals surface area contributed by atoms with E-state index in [-0.39, 0.29) is 0 Å². The van der Waals surface area contributed by atoms with E-state index in [1.165, 1.54) is 43.0 Å². The molecule has 202 valence electrons. The summed E-state index contributed by atoms with van der Waals surface area (Å²) in [6.07, 6.45) is 0. The lowest BCUT2D eigenvalue weighted by Gasteiger charge is -2.09. The van der Waals surface area contributed by atoms with Crippen molar-refractivity contribution in [3.63, 3.8) is 0 Å². The van der Waals surface area contributed by atoms with Crippen molar-refractivity contribution >= 4 is 80.9 Å². The topological polar surface area (TPSA) is 22.4 Å². The van der Waals surface area contributed by atoms with E-state index in [2.05, 4.69) is 102 Å². The van der Waals surface area contributed by atoms with Crippen LogP contribution in [-0.4, -0.2) is 4.57 Å². The Bertz CT molecular complexity index is 2600. The Hall–Kier alpha value is -5.37. The molecule has 9 aromatic rings. The Kier molecular flexibility index (Phi) is 4.97. The van der Waals surface area contributed by atoms with Crippen LogP contribution >= 0.6 is 11.3 Å². The lowest BCUT2D eigenvalue weighted by atomic mass is 9.99. The van der Waals surface area contributed by atoms with Crippen LogP contribution in [0.1, 0.15) is 11.1 Å². The maximum absolute atomic E-state index is 8.13. The Labute approximate surface area is 251 Å². The van der Waals surface area contributed by atoms with Crippen molar-refractivity contribution in [1.82, 2.24) is 4.57 Å². The molecule has 0 radical (unpaired) electrons. The smallest absolute Gasteiger partial charge is 0.205 e. The Morgan fingerprint density at radius 1 is 0.581 bits per heavy atom. The van der Waals surface area contributed by atoms with Crippen molar-refractivity contribution < 1.29 is 4.42 Å². The van der Waals surface area contributed by atoms with E-state index in [1.807, 2.05) is 30.3 Å². The molecule has 3 nitrogen and oxygen atoms in total. The molecule has 6 aromatic carbocycles. The SMILES string of the molecule is [C-]#[N+]c1cc(-c2ccc3oc4ccccc4c3c2)cc2c1sc1c(-n3c4ccc(C)cc4c4cc(C)ccc43)cccc12. The molecule has 0 saturated heterocycles. The van der Waals surface area contributed by atoms with Crippen molar-refractivity contribution in [3.05, 3.63) is 132 Å². The molecule has 9 rings (SSSR count). The van der Waals surface area contributed by atoms with Gasteiger partial charge in [0.25, 0.3) is 0 Å². The summed E-state index contributed by atoms with van der Waals surface area (Å²) in [6.45, 7) is 12.4. The molecule has 0 aliphatic heterocycles. The molecule has 0 saturated carbocycles. The standard InChI is InChI=1S/C39H24N2OS/c1-22-11-14-33-28(17-22)29-18-23(2)12-15-34(29)41(33)35-9-6-8-27-31-20-25(21-32(40-3)38(31)43-39(27)35)24-13-16-37-30(19-24)26-7-4-5-10-36(26)42-37/h4-21H,1-2H3. The molecule has 4 heteroatoms. The highest BCUT2D eigenvalue weighted by molar-refractivity contribution is 7.26. The normalized spacial score (nSPS) is 11.9. The number of thiophene rings is 1. The highest BCUT2D eigenvalue weighted by Crippen LogP contribution is 2.46. The first-order valence-corrected chi connectivity index (χ1v) is 15.2. The molecule has 0 amide bonds. The van der Waals surface area contributed by atoms with E-state index >= 15 is 0 Å². The molecule has 0 N–H and O–H groups in total. The molecular formula is C39H24N2OS. The number of para-hydroxylation sites is 1. The summed E-state index contributed by atoms with van der Waals surface area (Å²) in [5, 5.41) is 7.02. The van der Waals surface area contributed by atoms with Gasteiger partial charge in [-0.05, 0) is 91.0 Å². The van der Waals surface area contributed by atoms with Gasteiger partial charge in [0.05, 0.1) is 28.0 Å². The van der Waals surface area contributed by atoms with Crippen molar-refractivity contribution in [2.45, 2.75) is 13.8 Å². The van der Waals surface area contributed by atoms with Gasteiger partial charge in [0.1, 0.15) is 11.2 Å². The monoisotopic (exact) mass is 568 g/mol. The second kappa shape index (κ2) is 8.82. The van der Waals surface area contributed by atoms with Gasteiger partial charge in [0.2, 0.25) is 5.69 Å². The van der Waals surface area contributed by atoms with Gasteiger partial charge < -0.3 is 8.98 Å². The van der Waals surface area contributed by atoms with Gasteiger partial charge in [-0.25, -0.2) is 4.85 Å². The van der Waals surface area contributed by atoms with Crippen molar-refractivity contribution in [1.29, 1.82) is 0 Å². The first-order chi connectivity index (χ1) is 21.1. The van der Waals surface area contributed by atoms with Gasteiger partial charge in [-0.2, -0.15) is 0 Å². The molecule has 43 heavy (non-hydrogen) atoms. The lowest BCUT2D eigenvalue weighted by Crippen LogP contribution is -1.94. The molecule has 0 fully saturated rings. The maximum Gasteiger partial charge on any atom is 0.205 e. The molecule has 0 bridgehead atoms. The Morgan fingerprint density at radius 3 is 2.05 bits per heavy atom. The maximum atomic E-state index is 8.13. The second-order valence-corrected chi connectivity index (χ2v) is 12.4. The number of aryl methyl sites for hydroxylation is 2. The van der Waals surface area contributed by atoms with Crippen LogP contribution in [0, 0.1) is 20.4 Å². The molecule has 0 atom stereocenters. The number of aromatic nitrogens is 1. The summed E-state index contributed by atoms with van der Waals surface area (Å²) >= 11 is 1.72. The van der Waals surface area contributed by atoms with Gasteiger partial charge in [-0.3, -0.25) is 0 Å². The number of nitrogens with zero attached hydrogens (tertiary/aromatic N) is 2. The van der Waals surface area contributed by atoms with E-state index in [9.17, 15) is 0 Å². The molecule has 0 spiro atoms. The third-order valence-corrected chi connectivity index (χ3v) is 9.97. The van der Waals surface area contributed by atoms with E-state index in [0.29, 0.717) is 5.69 Å². The number of rotatable bonds is 2. The van der Waals surface area contributed by atoms with E-state index in [1.54, 1.807) is 11.3 Å². The number of furan rings is 1. The van der Waals surface area contributed by atoms with Crippen LogP contribution < -0.4 is 0 Å². The van der Waals surface area contributed by atoms with E-state index in [0.717, 1.165) is 48.8 Å². The highest BCUT2D eigenvalue weighted by Gasteiger charge is 2.19. The summed E-state index contributed by atoms with van der Waals surface area (Å²) in [4.78, 5) is 4.03. The van der Waals surface area contributed by atoms with Crippen LogP contribution in [0.15, 0.2) is 114 Å². The molecule has 3 aromatic heterocycles. The fourth-order valence-electron chi connectivity index (χ4n) is 6.71. The summed E-state index contributed by atoms with van der Waals surface area (Å²) < 4.78 is 10.7. The fourth-order valence-corrected chi connectivity index (χ4v) is 7.95. The van der Waals surface area contributed by atoms with Gasteiger partial charge in [-0.1, -0.05) is 59.7 Å². The first kappa shape index (κ1) is 24.2. The van der Waals surface area contributed by atoms with Crippen LogP contribution in [0.25, 0.3) is 85.6 Å². The average Bonchev–Trinajstić information content (AvgIpc) is 3.69. The Morgan fingerprint density at radius 2 is 1.28 bits per heavy atom. The fraction of sp³-hybridized carbons (Fsp3) is 0.0513. The predicted octanol–water partition coefficient (Wildman–Crippen LogP) is 11.9. The van der Waals surface area contributed by atoms with E-state index in [4.69, 9.17) is 11.0 Å². The minimum atomic E-state index is 0.685. The third-order valence-electron chi connectivity index (χ3n) is 8.71. The predicted molar refractivity (Wildman–Crippen MR) is 182 cm³/mol. The number of hydrogen-bond acceptors (Lipinski definition) is 2. The summed E-state index contributed by atoms with van der Waals surface area (Å²) in [5.74, 6) is 0. The van der Waals surface area contributed by atoms with Gasteiger partial charge >= 0.3 is 0 Å². The number of benzene rings is 6. The number of fused-ring (bicyclic) bond motifs is 9.